The van der Waals surface area contributed by atoms with Crippen molar-refractivity contribution >= 4 is 61.8 Å². The predicted octanol–water partition coefficient (Wildman–Crippen LogP) is 4.95. The Hall–Kier alpha value is -2.88. The van der Waals surface area contributed by atoms with E-state index >= 15 is 0 Å². The van der Waals surface area contributed by atoms with E-state index in [4.69, 9.17) is 4.74 Å². The van der Waals surface area contributed by atoms with Crippen LogP contribution in [-0.2, 0) is 9.53 Å². The molecular weight excluding hydrogens is 438 g/mol. The van der Waals surface area contributed by atoms with Gasteiger partial charge in [0.1, 0.15) is 0 Å². The highest BCUT2D eigenvalue weighted by Crippen LogP contribution is 2.36. The molecule has 6 nitrogen and oxygen atoms in total. The maximum absolute atomic E-state index is 12.9. The number of fused-ring (bicyclic) bond motifs is 1. The van der Waals surface area contributed by atoms with Crippen LogP contribution in [0.5, 0.6) is 0 Å². The van der Waals surface area contributed by atoms with E-state index in [1.54, 1.807) is 46.4 Å². The summed E-state index contributed by atoms with van der Waals surface area (Å²) in [4.78, 5) is 31.7. The van der Waals surface area contributed by atoms with E-state index in [9.17, 15) is 9.59 Å². The van der Waals surface area contributed by atoms with Gasteiger partial charge in [-0.3, -0.25) is 4.79 Å². The number of hydrogen-bond donors (Lipinski definition) is 0. The smallest absolute Gasteiger partial charge is 0.338 e. The van der Waals surface area contributed by atoms with E-state index < -0.39 is 5.97 Å². The van der Waals surface area contributed by atoms with Crippen LogP contribution in [0.2, 0.25) is 0 Å². The first-order valence-corrected chi connectivity index (χ1v) is 11.8. The minimum atomic E-state index is -0.534. The minimum Gasteiger partial charge on any atom is -0.452 e. The Labute approximate surface area is 184 Å². The van der Waals surface area contributed by atoms with Crippen molar-refractivity contribution in [3.8, 4) is 0 Å². The van der Waals surface area contributed by atoms with Crippen LogP contribution in [0.1, 0.15) is 32.6 Å². The first-order valence-electron chi connectivity index (χ1n) is 9.16. The fourth-order valence-corrected chi connectivity index (χ4v) is 5.54. The van der Waals surface area contributed by atoms with Crippen molar-refractivity contribution in [1.29, 1.82) is 0 Å². The van der Waals surface area contributed by atoms with Crippen molar-refractivity contribution in [2.45, 2.75) is 12.5 Å². The number of hydrogen-bond acceptors (Lipinski definition) is 8. The van der Waals surface area contributed by atoms with Crippen molar-refractivity contribution in [1.82, 2.24) is 9.99 Å². The Kier molecular flexibility index (Phi) is 5.16. The summed E-state index contributed by atoms with van der Waals surface area (Å²) in [6.07, 6.45) is 0.642. The maximum Gasteiger partial charge on any atom is 0.338 e. The number of amides is 1. The van der Waals surface area contributed by atoms with Crippen LogP contribution in [-0.4, -0.2) is 34.2 Å². The van der Waals surface area contributed by atoms with Gasteiger partial charge in [0.05, 0.1) is 37.9 Å². The Morgan fingerprint density at radius 3 is 2.77 bits per heavy atom. The molecular formula is C21H15N3O3S3. The van der Waals surface area contributed by atoms with Gasteiger partial charge < -0.3 is 4.74 Å². The van der Waals surface area contributed by atoms with Gasteiger partial charge in [-0.15, -0.1) is 34.0 Å². The van der Waals surface area contributed by atoms with Crippen LogP contribution in [0.4, 0.5) is 0 Å². The number of carbonyl (C=O) groups excluding carboxylic acids is 2. The van der Waals surface area contributed by atoms with E-state index in [2.05, 4.69) is 10.1 Å². The zero-order valence-corrected chi connectivity index (χ0v) is 18.0. The molecule has 0 bridgehead atoms. The Morgan fingerprint density at radius 1 is 1.10 bits per heavy atom. The first-order chi connectivity index (χ1) is 14.7. The predicted molar refractivity (Wildman–Crippen MR) is 119 cm³/mol. The number of thiazole rings is 1. The third-order valence-corrected chi connectivity index (χ3v) is 7.42. The third kappa shape index (κ3) is 3.67. The number of ether oxygens (including phenoxy) is 1. The monoisotopic (exact) mass is 453 g/mol. The van der Waals surface area contributed by atoms with Crippen LogP contribution in [0, 0.1) is 0 Å². The van der Waals surface area contributed by atoms with E-state index in [0.29, 0.717) is 12.0 Å². The molecule has 4 aromatic rings. The molecule has 30 heavy (non-hydrogen) atoms. The Balaban J connectivity index is 1.32. The summed E-state index contributed by atoms with van der Waals surface area (Å²) in [6, 6.07) is 12.9. The summed E-state index contributed by atoms with van der Waals surface area (Å²) in [7, 11) is 0. The summed E-state index contributed by atoms with van der Waals surface area (Å²) in [6.45, 7) is -0.358. The molecule has 3 aromatic heterocycles. The number of thiophene rings is 2. The normalized spacial score (nSPS) is 16.1. The summed E-state index contributed by atoms with van der Waals surface area (Å²) >= 11 is 4.63. The van der Waals surface area contributed by atoms with Crippen molar-refractivity contribution in [3.05, 3.63) is 74.1 Å². The molecule has 0 saturated heterocycles. The fourth-order valence-electron chi connectivity index (χ4n) is 3.29. The van der Waals surface area contributed by atoms with E-state index in [1.165, 1.54) is 16.3 Å². The topological polar surface area (TPSA) is 71.9 Å². The summed E-state index contributed by atoms with van der Waals surface area (Å²) in [5, 5.41) is 10.0. The van der Waals surface area contributed by atoms with Crippen molar-refractivity contribution in [3.63, 3.8) is 0 Å². The van der Waals surface area contributed by atoms with Gasteiger partial charge >= 0.3 is 5.97 Å². The van der Waals surface area contributed by atoms with Gasteiger partial charge in [-0.05, 0) is 41.1 Å². The molecule has 4 heterocycles. The van der Waals surface area contributed by atoms with Crippen LogP contribution in [0.25, 0.3) is 10.2 Å². The second-order valence-corrected chi connectivity index (χ2v) is 9.42. The lowest BCUT2D eigenvalue weighted by molar-refractivity contribution is -0.136. The van der Waals surface area contributed by atoms with E-state index in [1.807, 2.05) is 35.0 Å². The Bertz CT molecular complexity index is 1230. The molecule has 150 valence electrons. The molecule has 0 spiro atoms. The molecule has 9 heteroatoms. The lowest BCUT2D eigenvalue weighted by atomic mass is 10.1. The first kappa shape index (κ1) is 19.1. The fraction of sp³-hybridized carbons (Fsp3) is 0.143. The van der Waals surface area contributed by atoms with Gasteiger partial charge in [0, 0.05) is 11.3 Å². The number of aromatic nitrogens is 1. The zero-order valence-electron chi connectivity index (χ0n) is 15.6. The highest BCUT2D eigenvalue weighted by molar-refractivity contribution is 7.16. The number of hydrazone groups is 1. The molecule has 0 saturated carbocycles. The van der Waals surface area contributed by atoms with Gasteiger partial charge in [0.15, 0.2) is 6.61 Å². The van der Waals surface area contributed by atoms with Gasteiger partial charge in [-0.2, -0.15) is 5.10 Å². The van der Waals surface area contributed by atoms with Crippen LogP contribution in [0.15, 0.2) is 63.8 Å². The summed E-state index contributed by atoms with van der Waals surface area (Å²) < 4.78 is 6.21. The summed E-state index contributed by atoms with van der Waals surface area (Å²) in [5.41, 5.74) is 3.83. The van der Waals surface area contributed by atoms with Crippen molar-refractivity contribution in [2.75, 3.05) is 6.61 Å². The average Bonchev–Trinajstić information content (AvgIpc) is 3.56. The molecule has 1 aromatic carbocycles. The van der Waals surface area contributed by atoms with E-state index in [0.717, 1.165) is 25.7 Å². The van der Waals surface area contributed by atoms with Gasteiger partial charge in [-0.25, -0.2) is 14.8 Å². The second-order valence-electron chi connectivity index (χ2n) is 6.61. The quantitative estimate of drug-likeness (QED) is 0.401. The highest BCUT2D eigenvalue weighted by Gasteiger charge is 2.34. The Morgan fingerprint density at radius 2 is 1.97 bits per heavy atom. The molecule has 5 rings (SSSR count). The zero-order chi connectivity index (χ0) is 20.5. The number of rotatable bonds is 5. The summed E-state index contributed by atoms with van der Waals surface area (Å²) in [5.74, 6) is -0.875. The molecule has 1 aliphatic heterocycles. The molecule has 0 radical (unpaired) electrons. The lowest BCUT2D eigenvalue weighted by Gasteiger charge is -2.20. The molecule has 0 aliphatic carbocycles. The molecule has 1 amide bonds. The van der Waals surface area contributed by atoms with Crippen molar-refractivity contribution < 1.29 is 14.3 Å². The number of nitrogens with zero attached hydrogens (tertiary/aromatic N) is 3. The molecule has 0 fully saturated rings. The number of esters is 1. The van der Waals surface area contributed by atoms with Crippen LogP contribution < -0.4 is 0 Å². The highest BCUT2D eigenvalue weighted by atomic mass is 32.1. The van der Waals surface area contributed by atoms with Gasteiger partial charge in [-0.1, -0.05) is 12.1 Å². The van der Waals surface area contributed by atoms with Crippen LogP contribution in [0.3, 0.4) is 0 Å². The third-order valence-electron chi connectivity index (χ3n) is 4.74. The number of benzene rings is 1. The van der Waals surface area contributed by atoms with Crippen molar-refractivity contribution in [2.24, 2.45) is 5.10 Å². The molecule has 1 unspecified atom stereocenters. The standard InChI is InChI=1S/C21H15N3O3S3/c25-20(11-27-21(26)13-5-6-14-19(9-13)30-12-22-14)24-16(18-4-2-8-29-18)10-15(23-24)17-3-1-7-28-17/h1-9,12,16H,10-11H2. The maximum atomic E-state index is 12.9. The van der Waals surface area contributed by atoms with Crippen LogP contribution >= 0.6 is 34.0 Å². The SMILES string of the molecule is O=C(OCC(=O)N1N=C(c2cccs2)CC1c1cccs1)c1ccc2ncsc2c1. The van der Waals surface area contributed by atoms with E-state index in [-0.39, 0.29) is 18.6 Å². The van der Waals surface area contributed by atoms with Gasteiger partial charge in [0.25, 0.3) is 5.91 Å². The average molecular weight is 454 g/mol. The molecule has 0 N–H and O–H groups in total. The van der Waals surface area contributed by atoms with Gasteiger partial charge in [0.2, 0.25) is 0 Å². The number of carbonyl (C=O) groups is 2. The second kappa shape index (κ2) is 8.10. The lowest BCUT2D eigenvalue weighted by Crippen LogP contribution is -2.31. The molecule has 1 atom stereocenters. The minimum absolute atomic E-state index is 0.179. The molecule has 1 aliphatic rings. The largest absolute Gasteiger partial charge is 0.452 e.